The van der Waals surface area contributed by atoms with Crippen LogP contribution in [-0.2, 0) is 13.1 Å². The molecule has 1 aromatic heterocycles. The molecule has 0 saturated heterocycles. The second-order valence-electron chi connectivity index (χ2n) is 4.96. The van der Waals surface area contributed by atoms with E-state index in [1.54, 1.807) is 29.2 Å². The molecule has 0 aliphatic carbocycles. The van der Waals surface area contributed by atoms with Crippen LogP contribution in [0, 0.1) is 11.6 Å². The maximum Gasteiger partial charge on any atom is 0.159 e. The number of rotatable bonds is 7. The summed E-state index contributed by atoms with van der Waals surface area (Å²) in [6.45, 7) is 3.97. The molecule has 1 aromatic carbocycles. The highest BCUT2D eigenvalue weighted by molar-refractivity contribution is 5.17. The second-order valence-corrected chi connectivity index (χ2v) is 4.96. The van der Waals surface area contributed by atoms with Crippen molar-refractivity contribution in [3.05, 3.63) is 53.9 Å². The number of aliphatic hydroxyl groups excluding tert-OH is 1. The van der Waals surface area contributed by atoms with Crippen molar-refractivity contribution in [3.63, 3.8) is 0 Å². The Morgan fingerprint density at radius 3 is 2.76 bits per heavy atom. The van der Waals surface area contributed by atoms with Crippen molar-refractivity contribution in [3.8, 4) is 0 Å². The van der Waals surface area contributed by atoms with E-state index in [1.165, 1.54) is 6.07 Å². The summed E-state index contributed by atoms with van der Waals surface area (Å²) < 4.78 is 27.8. The van der Waals surface area contributed by atoms with Gasteiger partial charge < -0.3 is 5.11 Å². The summed E-state index contributed by atoms with van der Waals surface area (Å²) in [5.74, 6) is -1.69. The molecule has 0 spiro atoms. The Kier molecular flexibility index (Phi) is 5.41. The number of likely N-dealkylation sites (N-methyl/N-ethyl adjacent to an activating group) is 1. The first-order chi connectivity index (χ1) is 10.1. The molecule has 0 saturated carbocycles. The largest absolute Gasteiger partial charge is 0.390 e. The molecule has 114 valence electrons. The average Bonchev–Trinajstić information content (AvgIpc) is 2.94. The van der Waals surface area contributed by atoms with Crippen LogP contribution in [0.2, 0.25) is 0 Å². The molecule has 1 atom stereocenters. The molecule has 2 aromatic rings. The molecular weight excluding hydrogens is 276 g/mol. The highest BCUT2D eigenvalue weighted by atomic mass is 19.2. The van der Waals surface area contributed by atoms with Crippen LogP contribution in [0.5, 0.6) is 0 Å². The zero-order valence-electron chi connectivity index (χ0n) is 11.9. The van der Waals surface area contributed by atoms with E-state index >= 15 is 0 Å². The lowest BCUT2D eigenvalue weighted by Crippen LogP contribution is -2.34. The molecule has 0 aliphatic rings. The van der Waals surface area contributed by atoms with Gasteiger partial charge in [0.15, 0.2) is 11.6 Å². The SMILES string of the molecule is CCN(Cc1ccc(F)c(F)c1)CC(O)Cn1cccn1. The number of aromatic nitrogens is 2. The van der Waals surface area contributed by atoms with Gasteiger partial charge in [0.1, 0.15) is 0 Å². The van der Waals surface area contributed by atoms with E-state index in [4.69, 9.17) is 0 Å². The van der Waals surface area contributed by atoms with Crippen molar-refractivity contribution in [2.24, 2.45) is 0 Å². The minimum atomic E-state index is -0.847. The quantitative estimate of drug-likeness (QED) is 0.850. The molecule has 0 amide bonds. The van der Waals surface area contributed by atoms with Crippen LogP contribution in [0.4, 0.5) is 8.78 Å². The van der Waals surface area contributed by atoms with Gasteiger partial charge >= 0.3 is 0 Å². The molecule has 0 fully saturated rings. The predicted molar refractivity (Wildman–Crippen MR) is 75.5 cm³/mol. The van der Waals surface area contributed by atoms with Crippen LogP contribution < -0.4 is 0 Å². The Labute approximate surface area is 122 Å². The third-order valence-electron chi connectivity index (χ3n) is 3.26. The van der Waals surface area contributed by atoms with Crippen molar-refractivity contribution < 1.29 is 13.9 Å². The summed E-state index contributed by atoms with van der Waals surface area (Å²) in [4.78, 5) is 1.97. The zero-order valence-corrected chi connectivity index (χ0v) is 11.9. The van der Waals surface area contributed by atoms with Gasteiger partial charge in [0.25, 0.3) is 0 Å². The van der Waals surface area contributed by atoms with Gasteiger partial charge in [0, 0.05) is 25.5 Å². The predicted octanol–water partition coefficient (Wildman–Crippen LogP) is 2.04. The van der Waals surface area contributed by atoms with Crippen molar-refractivity contribution in [2.75, 3.05) is 13.1 Å². The van der Waals surface area contributed by atoms with Crippen LogP contribution in [0.25, 0.3) is 0 Å². The minimum Gasteiger partial charge on any atom is -0.390 e. The number of halogens is 2. The summed E-state index contributed by atoms with van der Waals surface area (Å²) in [5.41, 5.74) is 0.682. The lowest BCUT2D eigenvalue weighted by molar-refractivity contribution is 0.0940. The van der Waals surface area contributed by atoms with Gasteiger partial charge in [-0.15, -0.1) is 0 Å². The Hall–Kier alpha value is -1.79. The van der Waals surface area contributed by atoms with Gasteiger partial charge in [-0.3, -0.25) is 9.58 Å². The smallest absolute Gasteiger partial charge is 0.159 e. The van der Waals surface area contributed by atoms with E-state index in [1.807, 2.05) is 11.8 Å². The number of aliphatic hydroxyl groups is 1. The number of hydrogen-bond donors (Lipinski definition) is 1. The molecule has 4 nitrogen and oxygen atoms in total. The molecule has 1 unspecified atom stereocenters. The fourth-order valence-electron chi connectivity index (χ4n) is 2.18. The standard InChI is InChI=1S/C15H19F2N3O/c1-2-19(9-12-4-5-14(16)15(17)8-12)10-13(21)11-20-7-3-6-18-20/h3-8,13,21H,2,9-11H2,1H3. The summed E-state index contributed by atoms with van der Waals surface area (Å²) in [7, 11) is 0. The van der Waals surface area contributed by atoms with E-state index < -0.39 is 17.7 Å². The molecule has 21 heavy (non-hydrogen) atoms. The molecule has 1 heterocycles. The molecule has 6 heteroatoms. The van der Waals surface area contributed by atoms with E-state index in [9.17, 15) is 13.9 Å². The lowest BCUT2D eigenvalue weighted by atomic mass is 10.2. The summed E-state index contributed by atoms with van der Waals surface area (Å²) in [6, 6.07) is 5.67. The van der Waals surface area contributed by atoms with Gasteiger partial charge in [-0.25, -0.2) is 8.78 Å². The van der Waals surface area contributed by atoms with Gasteiger partial charge in [-0.1, -0.05) is 13.0 Å². The molecule has 1 N–H and O–H groups in total. The van der Waals surface area contributed by atoms with E-state index in [2.05, 4.69) is 5.10 Å². The van der Waals surface area contributed by atoms with Gasteiger partial charge in [-0.2, -0.15) is 5.10 Å². The Bertz CT molecular complexity index is 560. The lowest BCUT2D eigenvalue weighted by Gasteiger charge is -2.23. The highest BCUT2D eigenvalue weighted by Gasteiger charge is 2.12. The van der Waals surface area contributed by atoms with Crippen LogP contribution in [0.15, 0.2) is 36.7 Å². The van der Waals surface area contributed by atoms with E-state index in [-0.39, 0.29) is 0 Å². The van der Waals surface area contributed by atoms with Gasteiger partial charge in [-0.05, 0) is 30.3 Å². The van der Waals surface area contributed by atoms with Crippen LogP contribution >= 0.6 is 0 Å². The zero-order chi connectivity index (χ0) is 15.2. The highest BCUT2D eigenvalue weighted by Crippen LogP contribution is 2.11. The third-order valence-corrected chi connectivity index (χ3v) is 3.26. The first kappa shape index (κ1) is 15.6. The Morgan fingerprint density at radius 2 is 2.14 bits per heavy atom. The van der Waals surface area contributed by atoms with Crippen molar-refractivity contribution in [1.29, 1.82) is 0 Å². The molecule has 0 bridgehead atoms. The topological polar surface area (TPSA) is 41.3 Å². The van der Waals surface area contributed by atoms with Crippen LogP contribution in [0.3, 0.4) is 0 Å². The minimum absolute atomic E-state index is 0.404. The number of hydrogen-bond acceptors (Lipinski definition) is 3. The third kappa shape index (κ3) is 4.61. The summed E-state index contributed by atoms with van der Waals surface area (Å²) in [6.07, 6.45) is 2.87. The second kappa shape index (κ2) is 7.28. The van der Waals surface area contributed by atoms with Gasteiger partial charge in [0.2, 0.25) is 0 Å². The van der Waals surface area contributed by atoms with Crippen LogP contribution in [-0.4, -0.2) is 39.0 Å². The first-order valence-corrected chi connectivity index (χ1v) is 6.90. The summed E-state index contributed by atoms with van der Waals surface area (Å²) >= 11 is 0. The molecular formula is C15H19F2N3O. The Morgan fingerprint density at radius 1 is 1.33 bits per heavy atom. The molecule has 0 aliphatic heterocycles. The van der Waals surface area contributed by atoms with Crippen LogP contribution in [0.1, 0.15) is 12.5 Å². The fraction of sp³-hybridized carbons (Fsp3) is 0.400. The summed E-state index contributed by atoms with van der Waals surface area (Å²) in [5, 5.41) is 14.1. The maximum absolute atomic E-state index is 13.2. The first-order valence-electron chi connectivity index (χ1n) is 6.90. The van der Waals surface area contributed by atoms with E-state index in [0.717, 1.165) is 6.07 Å². The van der Waals surface area contributed by atoms with Crippen molar-refractivity contribution in [1.82, 2.24) is 14.7 Å². The fourth-order valence-corrected chi connectivity index (χ4v) is 2.18. The monoisotopic (exact) mass is 295 g/mol. The average molecular weight is 295 g/mol. The van der Waals surface area contributed by atoms with Crippen molar-refractivity contribution >= 4 is 0 Å². The number of benzene rings is 1. The molecule has 0 radical (unpaired) electrons. The van der Waals surface area contributed by atoms with Crippen molar-refractivity contribution in [2.45, 2.75) is 26.1 Å². The Balaban J connectivity index is 1.91. The maximum atomic E-state index is 13.2. The van der Waals surface area contributed by atoms with E-state index in [0.29, 0.717) is 31.7 Å². The normalized spacial score (nSPS) is 12.8. The molecule has 2 rings (SSSR count). The van der Waals surface area contributed by atoms with Gasteiger partial charge in [0.05, 0.1) is 12.6 Å². The number of nitrogens with zero attached hydrogens (tertiary/aromatic N) is 3.